The Morgan fingerprint density at radius 3 is 2.75 bits per heavy atom. The zero-order valence-electron chi connectivity index (χ0n) is 10.9. The Labute approximate surface area is 119 Å². The normalized spacial score (nSPS) is 20.4. The minimum atomic E-state index is -0.0458. The van der Waals surface area contributed by atoms with Gasteiger partial charge in [-0.15, -0.1) is 0 Å². The van der Waals surface area contributed by atoms with Crippen molar-refractivity contribution >= 4 is 32.8 Å². The molecule has 0 spiro atoms. The van der Waals surface area contributed by atoms with Crippen molar-refractivity contribution in [3.63, 3.8) is 0 Å². The molecule has 0 amide bonds. The number of fused-ring (bicyclic) bond motifs is 4. The van der Waals surface area contributed by atoms with E-state index < -0.39 is 0 Å². The van der Waals surface area contributed by atoms with Crippen LogP contribution in [0, 0.1) is 11.3 Å². The van der Waals surface area contributed by atoms with Crippen molar-refractivity contribution in [2.75, 3.05) is 0 Å². The van der Waals surface area contributed by atoms with Crippen molar-refractivity contribution in [2.45, 2.75) is 6.92 Å². The molecule has 1 atom stereocenters. The minimum absolute atomic E-state index is 0.0458. The number of rotatable bonds is 0. The van der Waals surface area contributed by atoms with E-state index in [0.29, 0.717) is 11.6 Å². The monoisotopic (exact) mass is 280 g/mol. The van der Waals surface area contributed by atoms with Gasteiger partial charge in [0.15, 0.2) is 0 Å². The van der Waals surface area contributed by atoms with Gasteiger partial charge in [0.25, 0.3) is 0 Å². The number of benzene rings is 1. The van der Waals surface area contributed by atoms with Crippen LogP contribution in [0.15, 0.2) is 46.8 Å². The molecule has 1 aromatic heterocycles. The molecule has 0 saturated carbocycles. The number of nitrogens with one attached hydrogen (secondary N) is 2. The van der Waals surface area contributed by atoms with E-state index in [-0.39, 0.29) is 4.87 Å². The number of hydrogen-bond acceptors (Lipinski definition) is 3. The van der Waals surface area contributed by atoms with Crippen molar-refractivity contribution < 1.29 is 0 Å². The molecule has 4 rings (SSSR count). The van der Waals surface area contributed by atoms with Gasteiger partial charge in [-0.05, 0) is 17.6 Å². The average Bonchev–Trinajstić information content (AvgIpc) is 2.84. The summed E-state index contributed by atoms with van der Waals surface area (Å²) in [5.41, 5.74) is 5.37. The highest BCUT2D eigenvalue weighted by molar-refractivity contribution is 7.16. The van der Waals surface area contributed by atoms with Crippen LogP contribution in [0.1, 0.15) is 18.1 Å². The van der Waals surface area contributed by atoms with Crippen LogP contribution in [0.5, 0.6) is 0 Å². The van der Waals surface area contributed by atoms with Crippen LogP contribution < -0.4 is 4.87 Å². The molecule has 0 saturated heterocycles. The molecular formula is C16H12N2OS. The van der Waals surface area contributed by atoms with E-state index in [9.17, 15) is 4.79 Å². The van der Waals surface area contributed by atoms with Crippen LogP contribution >= 0.6 is 11.3 Å². The van der Waals surface area contributed by atoms with Gasteiger partial charge in [-0.3, -0.25) is 10.2 Å². The van der Waals surface area contributed by atoms with Crippen LogP contribution in [-0.2, 0) is 0 Å². The molecule has 0 aliphatic heterocycles. The van der Waals surface area contributed by atoms with E-state index in [2.05, 4.69) is 30.1 Å². The summed E-state index contributed by atoms with van der Waals surface area (Å²) in [7, 11) is 0. The third-order valence-electron chi connectivity index (χ3n) is 3.82. The zero-order chi connectivity index (χ0) is 13.9. The molecule has 0 bridgehead atoms. The predicted octanol–water partition coefficient (Wildman–Crippen LogP) is 3.49. The van der Waals surface area contributed by atoms with E-state index in [0.717, 1.165) is 32.5 Å². The smallest absolute Gasteiger partial charge is 0.305 e. The molecule has 20 heavy (non-hydrogen) atoms. The summed E-state index contributed by atoms with van der Waals surface area (Å²) in [6.45, 7) is 2.12. The van der Waals surface area contributed by atoms with Crippen molar-refractivity contribution in [1.82, 2.24) is 4.98 Å². The Bertz CT molecular complexity index is 908. The number of aromatic amines is 1. The minimum Gasteiger partial charge on any atom is -0.312 e. The first-order valence-electron chi connectivity index (χ1n) is 6.51. The Morgan fingerprint density at radius 1 is 1.20 bits per heavy atom. The molecule has 2 aliphatic carbocycles. The Morgan fingerprint density at radius 2 is 1.95 bits per heavy atom. The predicted molar refractivity (Wildman–Crippen MR) is 83.6 cm³/mol. The second-order valence-electron chi connectivity index (χ2n) is 5.16. The fourth-order valence-electron chi connectivity index (χ4n) is 2.81. The van der Waals surface area contributed by atoms with Crippen LogP contribution in [0.2, 0.25) is 0 Å². The van der Waals surface area contributed by atoms with Gasteiger partial charge in [-0.2, -0.15) is 0 Å². The number of thiazole rings is 1. The second-order valence-corrected chi connectivity index (χ2v) is 6.14. The Hall–Kier alpha value is -2.20. The van der Waals surface area contributed by atoms with E-state index in [1.54, 1.807) is 0 Å². The lowest BCUT2D eigenvalue weighted by molar-refractivity contribution is 0.942. The van der Waals surface area contributed by atoms with Crippen LogP contribution in [-0.4, -0.2) is 10.7 Å². The summed E-state index contributed by atoms with van der Waals surface area (Å²) in [6, 6.07) is 3.82. The van der Waals surface area contributed by atoms with Gasteiger partial charge in [-0.25, -0.2) is 0 Å². The summed E-state index contributed by atoms with van der Waals surface area (Å²) in [5.74, 6) is 0.362. The lowest BCUT2D eigenvalue weighted by atomic mass is 10.0. The molecule has 2 N–H and O–H groups in total. The lowest BCUT2D eigenvalue weighted by Crippen LogP contribution is -1.97. The summed E-state index contributed by atoms with van der Waals surface area (Å²) in [5, 5.41) is 8.37. The first-order chi connectivity index (χ1) is 9.65. The van der Waals surface area contributed by atoms with Crippen LogP contribution in [0.3, 0.4) is 0 Å². The standard InChI is InChI=1S/C16H12N2OS/c1-8-2-4-9-10(5-3-8)14(17)11-6-7-12-15(13(9)11)20-16(19)18-12/h2-8,17H,1H3,(H,18,19). The molecule has 2 aliphatic rings. The van der Waals surface area contributed by atoms with Crippen molar-refractivity contribution in [2.24, 2.45) is 5.92 Å². The maximum absolute atomic E-state index is 11.6. The zero-order valence-corrected chi connectivity index (χ0v) is 11.7. The number of hydrogen-bond donors (Lipinski definition) is 2. The molecule has 2 aromatic rings. The molecule has 1 unspecified atom stereocenters. The maximum Gasteiger partial charge on any atom is 0.305 e. The molecule has 3 nitrogen and oxygen atoms in total. The van der Waals surface area contributed by atoms with E-state index in [4.69, 9.17) is 5.41 Å². The molecule has 0 radical (unpaired) electrons. The summed E-state index contributed by atoms with van der Waals surface area (Å²) in [6.07, 6.45) is 8.36. The van der Waals surface area contributed by atoms with E-state index in [1.807, 2.05) is 18.2 Å². The van der Waals surface area contributed by atoms with E-state index >= 15 is 0 Å². The van der Waals surface area contributed by atoms with Gasteiger partial charge in [-0.1, -0.05) is 48.6 Å². The van der Waals surface area contributed by atoms with Crippen LogP contribution in [0.25, 0.3) is 15.8 Å². The summed E-state index contributed by atoms with van der Waals surface area (Å²) < 4.78 is 0.954. The number of H-pyrrole nitrogens is 1. The molecule has 1 aromatic carbocycles. The first kappa shape index (κ1) is 11.6. The molecular weight excluding hydrogens is 268 g/mol. The highest BCUT2D eigenvalue weighted by Crippen LogP contribution is 2.40. The third kappa shape index (κ3) is 1.45. The third-order valence-corrected chi connectivity index (χ3v) is 4.74. The van der Waals surface area contributed by atoms with Gasteiger partial charge < -0.3 is 4.98 Å². The van der Waals surface area contributed by atoms with Gasteiger partial charge in [0.1, 0.15) is 0 Å². The maximum atomic E-state index is 11.6. The SMILES string of the molecule is CC1C=CC2=C(C=C1)c1c(ccc3[nH]c(=O)sc13)C2=N. The fourth-order valence-corrected chi connectivity index (χ4v) is 3.71. The molecule has 4 heteroatoms. The molecule has 98 valence electrons. The number of allylic oxidation sites excluding steroid dienone is 6. The Balaban J connectivity index is 2.11. The second kappa shape index (κ2) is 3.90. The summed E-state index contributed by atoms with van der Waals surface area (Å²) in [4.78, 5) is 14.4. The Kier molecular flexibility index (Phi) is 2.26. The molecule has 0 fully saturated rings. The van der Waals surface area contributed by atoms with Crippen molar-refractivity contribution in [3.05, 3.63) is 62.8 Å². The van der Waals surface area contributed by atoms with Crippen LogP contribution in [0.4, 0.5) is 0 Å². The quantitative estimate of drug-likeness (QED) is 0.762. The van der Waals surface area contributed by atoms with Crippen molar-refractivity contribution in [3.8, 4) is 0 Å². The summed E-state index contributed by atoms with van der Waals surface area (Å²) >= 11 is 1.22. The van der Waals surface area contributed by atoms with Gasteiger partial charge >= 0.3 is 4.87 Å². The number of aromatic nitrogens is 1. The first-order valence-corrected chi connectivity index (χ1v) is 7.33. The van der Waals surface area contributed by atoms with Gasteiger partial charge in [0, 0.05) is 16.7 Å². The lowest BCUT2D eigenvalue weighted by Gasteiger charge is -2.03. The highest BCUT2D eigenvalue weighted by atomic mass is 32.1. The topological polar surface area (TPSA) is 56.7 Å². The van der Waals surface area contributed by atoms with Crippen molar-refractivity contribution in [1.29, 1.82) is 5.41 Å². The van der Waals surface area contributed by atoms with Gasteiger partial charge in [0.2, 0.25) is 0 Å². The van der Waals surface area contributed by atoms with Gasteiger partial charge in [0.05, 0.1) is 15.9 Å². The average molecular weight is 280 g/mol. The highest BCUT2D eigenvalue weighted by Gasteiger charge is 2.27. The van der Waals surface area contributed by atoms with E-state index in [1.165, 1.54) is 11.3 Å². The fraction of sp³-hybridized carbons (Fsp3) is 0.125. The largest absolute Gasteiger partial charge is 0.312 e. The molecule has 1 heterocycles.